The van der Waals surface area contributed by atoms with Crippen LogP contribution in [0, 0.1) is 3.57 Å². The molecule has 2 N–H and O–H groups in total. The third-order valence-corrected chi connectivity index (χ3v) is 3.11. The van der Waals surface area contributed by atoms with Crippen LogP contribution in [0.4, 0.5) is 5.69 Å². The van der Waals surface area contributed by atoms with E-state index in [0.717, 1.165) is 27.0 Å². The molecule has 0 aliphatic heterocycles. The lowest BCUT2D eigenvalue weighted by molar-refractivity contribution is 0.130. The summed E-state index contributed by atoms with van der Waals surface area (Å²) in [7, 11) is 0. The molecule has 0 atom stereocenters. The van der Waals surface area contributed by atoms with Gasteiger partial charge in [-0.15, -0.1) is 0 Å². The van der Waals surface area contributed by atoms with Crippen molar-refractivity contribution in [2.24, 2.45) is 5.16 Å². The van der Waals surface area contributed by atoms with Crippen molar-refractivity contribution in [1.29, 1.82) is 0 Å². The summed E-state index contributed by atoms with van der Waals surface area (Å²) in [6, 6.07) is 5.81. The molecule has 0 aromatic heterocycles. The van der Waals surface area contributed by atoms with Crippen LogP contribution in [0.5, 0.6) is 0 Å². The molecule has 0 aliphatic rings. The maximum atomic E-state index is 5.84. The van der Waals surface area contributed by atoms with E-state index in [0.29, 0.717) is 6.61 Å². The summed E-state index contributed by atoms with van der Waals surface area (Å²) in [5, 5.41) is 3.98. The van der Waals surface area contributed by atoms with E-state index in [1.165, 1.54) is 0 Å². The molecule has 3 nitrogen and oxygen atoms in total. The average molecular weight is 318 g/mol. The van der Waals surface area contributed by atoms with E-state index >= 15 is 0 Å². The Labute approximate surface area is 104 Å². The Balaban J connectivity index is 2.65. The minimum absolute atomic E-state index is 0.433. The third-order valence-electron chi connectivity index (χ3n) is 2.10. The van der Waals surface area contributed by atoms with E-state index in [1.807, 2.05) is 32.0 Å². The van der Waals surface area contributed by atoms with Gasteiger partial charge in [-0.1, -0.05) is 18.1 Å². The SMILES string of the molecule is CCC(C)=NOCc1c(N)cccc1I. The lowest BCUT2D eigenvalue weighted by atomic mass is 10.2. The lowest BCUT2D eigenvalue weighted by Crippen LogP contribution is -1.99. The van der Waals surface area contributed by atoms with Crippen LogP contribution in [0.3, 0.4) is 0 Å². The quantitative estimate of drug-likeness (QED) is 0.401. The predicted molar refractivity (Wildman–Crippen MR) is 71.8 cm³/mol. The van der Waals surface area contributed by atoms with Crippen LogP contribution in [0.1, 0.15) is 25.8 Å². The van der Waals surface area contributed by atoms with E-state index in [-0.39, 0.29) is 0 Å². The molecule has 1 aromatic carbocycles. The van der Waals surface area contributed by atoms with E-state index in [2.05, 4.69) is 27.7 Å². The van der Waals surface area contributed by atoms with E-state index in [4.69, 9.17) is 10.6 Å². The molecule has 82 valence electrons. The van der Waals surface area contributed by atoms with Crippen LogP contribution in [0.25, 0.3) is 0 Å². The van der Waals surface area contributed by atoms with Gasteiger partial charge in [-0.25, -0.2) is 0 Å². The summed E-state index contributed by atoms with van der Waals surface area (Å²) in [4.78, 5) is 5.24. The number of nitrogen functional groups attached to an aromatic ring is 1. The first-order chi connectivity index (χ1) is 7.15. The number of nitrogens with two attached hydrogens (primary N) is 1. The number of anilines is 1. The van der Waals surface area contributed by atoms with Crippen LogP contribution < -0.4 is 5.73 Å². The molecule has 0 radical (unpaired) electrons. The van der Waals surface area contributed by atoms with Gasteiger partial charge in [0.05, 0.1) is 5.71 Å². The highest BCUT2D eigenvalue weighted by atomic mass is 127. The van der Waals surface area contributed by atoms with Crippen LogP contribution in [0.2, 0.25) is 0 Å². The summed E-state index contributed by atoms with van der Waals surface area (Å²) in [5.41, 5.74) is 8.58. The normalized spacial score (nSPS) is 11.5. The van der Waals surface area contributed by atoms with E-state index in [9.17, 15) is 0 Å². The maximum absolute atomic E-state index is 5.84. The number of hydrogen-bond acceptors (Lipinski definition) is 3. The van der Waals surface area contributed by atoms with Crippen molar-refractivity contribution in [3.63, 3.8) is 0 Å². The molecule has 1 aromatic rings. The molecule has 0 saturated carbocycles. The zero-order valence-corrected chi connectivity index (χ0v) is 11.1. The van der Waals surface area contributed by atoms with Crippen molar-refractivity contribution >= 4 is 34.0 Å². The molecule has 1 rings (SSSR count). The molecule has 0 aliphatic carbocycles. The van der Waals surface area contributed by atoms with Gasteiger partial charge in [0.2, 0.25) is 0 Å². The van der Waals surface area contributed by atoms with Gasteiger partial charge in [0.15, 0.2) is 0 Å². The Bertz CT molecular complexity index is 343. The van der Waals surface area contributed by atoms with E-state index < -0.39 is 0 Å². The first-order valence-electron chi connectivity index (χ1n) is 4.83. The maximum Gasteiger partial charge on any atom is 0.145 e. The first kappa shape index (κ1) is 12.3. The van der Waals surface area contributed by atoms with Gasteiger partial charge in [-0.3, -0.25) is 0 Å². The summed E-state index contributed by atoms with van der Waals surface area (Å²) in [6.07, 6.45) is 0.904. The first-order valence-corrected chi connectivity index (χ1v) is 5.91. The highest BCUT2D eigenvalue weighted by Crippen LogP contribution is 2.19. The Hall–Kier alpha value is -0.780. The van der Waals surface area contributed by atoms with Crippen molar-refractivity contribution in [3.05, 3.63) is 27.3 Å². The fraction of sp³-hybridized carbons (Fsp3) is 0.364. The van der Waals surface area contributed by atoms with Crippen molar-refractivity contribution in [3.8, 4) is 0 Å². The monoisotopic (exact) mass is 318 g/mol. The molecule has 4 heteroatoms. The van der Waals surface area contributed by atoms with Crippen molar-refractivity contribution in [1.82, 2.24) is 0 Å². The fourth-order valence-corrected chi connectivity index (χ4v) is 1.67. The number of oxime groups is 1. The van der Waals surface area contributed by atoms with Gasteiger partial charge < -0.3 is 10.6 Å². The van der Waals surface area contributed by atoms with Crippen molar-refractivity contribution in [2.45, 2.75) is 26.9 Å². The van der Waals surface area contributed by atoms with Crippen LogP contribution in [0.15, 0.2) is 23.4 Å². The standard InChI is InChI=1S/C11H15IN2O/c1-3-8(2)14-15-7-9-10(12)5-4-6-11(9)13/h4-6H,3,7,13H2,1-2H3. The topological polar surface area (TPSA) is 47.6 Å². The zero-order valence-electron chi connectivity index (χ0n) is 8.96. The molecule has 0 spiro atoms. The Kier molecular flexibility index (Phi) is 4.87. The van der Waals surface area contributed by atoms with Gasteiger partial charge in [0, 0.05) is 14.8 Å². The molecule has 15 heavy (non-hydrogen) atoms. The minimum atomic E-state index is 0.433. The number of hydrogen-bond donors (Lipinski definition) is 1. The molecule has 0 amide bonds. The Morgan fingerprint density at radius 3 is 2.87 bits per heavy atom. The van der Waals surface area contributed by atoms with Gasteiger partial charge in [0.25, 0.3) is 0 Å². The lowest BCUT2D eigenvalue weighted by Gasteiger charge is -2.06. The number of halogens is 1. The van der Waals surface area contributed by atoms with E-state index in [1.54, 1.807) is 0 Å². The van der Waals surface area contributed by atoms with Crippen LogP contribution >= 0.6 is 22.6 Å². The molecule has 0 unspecified atom stereocenters. The van der Waals surface area contributed by atoms with Crippen LogP contribution in [-0.2, 0) is 11.4 Å². The predicted octanol–water partition coefficient (Wildman–Crippen LogP) is 3.18. The number of rotatable bonds is 4. The molecular weight excluding hydrogens is 303 g/mol. The zero-order chi connectivity index (χ0) is 11.3. The highest BCUT2D eigenvalue weighted by Gasteiger charge is 2.03. The molecular formula is C11H15IN2O. The molecule has 0 fully saturated rings. The fourth-order valence-electron chi connectivity index (χ4n) is 0.999. The second kappa shape index (κ2) is 5.95. The second-order valence-electron chi connectivity index (χ2n) is 3.26. The Morgan fingerprint density at radius 1 is 1.53 bits per heavy atom. The summed E-state index contributed by atoms with van der Waals surface area (Å²) < 4.78 is 1.11. The van der Waals surface area contributed by atoms with Gasteiger partial charge in [0.1, 0.15) is 6.61 Å². The number of benzene rings is 1. The van der Waals surface area contributed by atoms with Gasteiger partial charge >= 0.3 is 0 Å². The van der Waals surface area contributed by atoms with Gasteiger partial charge in [-0.05, 0) is 48.1 Å². The Morgan fingerprint density at radius 2 is 2.27 bits per heavy atom. The van der Waals surface area contributed by atoms with Crippen LogP contribution in [-0.4, -0.2) is 5.71 Å². The average Bonchev–Trinajstić information content (AvgIpc) is 2.22. The largest absolute Gasteiger partial charge is 0.398 e. The minimum Gasteiger partial charge on any atom is -0.398 e. The summed E-state index contributed by atoms with van der Waals surface area (Å²) in [6.45, 7) is 4.42. The number of nitrogens with zero attached hydrogens (tertiary/aromatic N) is 1. The van der Waals surface area contributed by atoms with Crippen molar-refractivity contribution in [2.75, 3.05) is 5.73 Å². The second-order valence-corrected chi connectivity index (χ2v) is 4.42. The third kappa shape index (κ3) is 3.70. The van der Waals surface area contributed by atoms with Gasteiger partial charge in [-0.2, -0.15) is 0 Å². The smallest absolute Gasteiger partial charge is 0.145 e. The van der Waals surface area contributed by atoms with Crippen molar-refractivity contribution < 1.29 is 4.84 Å². The summed E-state index contributed by atoms with van der Waals surface area (Å²) >= 11 is 2.24. The molecule has 0 saturated heterocycles. The highest BCUT2D eigenvalue weighted by molar-refractivity contribution is 14.1. The molecule has 0 bridgehead atoms. The molecule has 0 heterocycles. The summed E-state index contributed by atoms with van der Waals surface area (Å²) in [5.74, 6) is 0.